The van der Waals surface area contributed by atoms with Crippen LogP contribution in [0, 0.1) is 5.92 Å². The van der Waals surface area contributed by atoms with Gasteiger partial charge >= 0.3 is 0 Å². The molecule has 408 valence electrons. The van der Waals surface area contributed by atoms with Crippen LogP contribution in [-0.4, -0.2) is 199 Å². The molecular formula is C58H65N15O6. The SMILES string of the molecule is CN1CCN(C(=O)c2cc3cc(Nc4nccc(-c5cc(OC6CC(O)CC(CN7CCN(C(=O)c8cc9cc(Nc%10nccc(-c%11cc(OCCN%12CCOCC%12)ccn%11)n%10)ccc9[nH]8)CC7)C6)ccn5)n4)ccc3[nH]2)CC1. The average molecular weight is 1070 g/mol. The number of hydrogen-bond acceptors (Lipinski definition) is 17. The first-order chi connectivity index (χ1) is 38.7. The van der Waals surface area contributed by atoms with Gasteiger partial charge in [-0.05, 0) is 98.6 Å². The Balaban J connectivity index is 0.612. The summed E-state index contributed by atoms with van der Waals surface area (Å²) in [5.41, 5.74) is 7.04. The molecule has 5 N–H and O–H groups in total. The highest BCUT2D eigenvalue weighted by Gasteiger charge is 2.32. The molecule has 2 aromatic carbocycles. The van der Waals surface area contributed by atoms with Crippen molar-refractivity contribution in [3.63, 3.8) is 0 Å². The molecule has 4 fully saturated rings. The van der Waals surface area contributed by atoms with Crippen molar-refractivity contribution in [2.24, 2.45) is 5.92 Å². The number of aromatic nitrogens is 8. The summed E-state index contributed by atoms with van der Waals surface area (Å²) in [4.78, 5) is 72.1. The van der Waals surface area contributed by atoms with Crippen LogP contribution in [0.4, 0.5) is 23.3 Å². The van der Waals surface area contributed by atoms with Gasteiger partial charge in [-0.25, -0.2) is 19.9 Å². The van der Waals surface area contributed by atoms with Crippen LogP contribution in [-0.2, 0) is 4.74 Å². The molecule has 9 heterocycles. The first kappa shape index (κ1) is 51.7. The van der Waals surface area contributed by atoms with Crippen LogP contribution in [0.15, 0.2) is 110 Å². The van der Waals surface area contributed by atoms with E-state index in [1.54, 1.807) is 24.8 Å². The quantitative estimate of drug-likeness (QED) is 0.0714. The Morgan fingerprint density at radius 1 is 0.608 bits per heavy atom. The van der Waals surface area contributed by atoms with E-state index >= 15 is 0 Å². The number of amides is 2. The zero-order valence-corrected chi connectivity index (χ0v) is 44.3. The van der Waals surface area contributed by atoms with Crippen LogP contribution in [0.25, 0.3) is 44.6 Å². The van der Waals surface area contributed by atoms with Crippen molar-refractivity contribution in [3.05, 3.63) is 121 Å². The van der Waals surface area contributed by atoms with Crippen LogP contribution in [0.2, 0.25) is 0 Å². The second kappa shape index (κ2) is 23.5. The zero-order chi connectivity index (χ0) is 53.7. The lowest BCUT2D eigenvalue weighted by molar-refractivity contribution is 0.0113. The van der Waals surface area contributed by atoms with Gasteiger partial charge in [0.05, 0.1) is 42.1 Å². The Morgan fingerprint density at radius 2 is 1.16 bits per heavy atom. The van der Waals surface area contributed by atoms with Crippen molar-refractivity contribution in [1.82, 2.24) is 64.4 Å². The van der Waals surface area contributed by atoms with E-state index < -0.39 is 6.10 Å². The maximum absolute atomic E-state index is 13.9. The van der Waals surface area contributed by atoms with Crippen molar-refractivity contribution in [2.45, 2.75) is 31.5 Å². The topological polar surface area (TPSA) is 231 Å². The number of morpholine rings is 1. The Labute approximate surface area is 457 Å². The normalized spacial score (nSPS) is 19.6. The molecule has 6 aromatic heterocycles. The van der Waals surface area contributed by atoms with Gasteiger partial charge in [0.1, 0.15) is 35.6 Å². The standard InChI is InChI=1S/C58H65N15O6/c1-69-14-18-72(19-15-69)55(75)53-32-39-30-42(2-4-47(39)65-53)64-58-62-13-9-50(68-58)52-36-45(7-11-60-52)79-46-29-38(28-43(74)34-46)37-71-16-20-73(21-17-71)56(76)54-33-40-31-41(3-5-48(40)66-54)63-57-61-12-8-49(67-57)51-35-44(6-10-59-51)78-27-24-70-22-25-77-26-23-70/h2-13,30-33,35-36,38,43,46,65-66,74H,14-29,34,37H2,1H3,(H,61,63,67)(H,62,64,68). The molecule has 3 unspecified atom stereocenters. The number of rotatable bonds is 16. The Hall–Kier alpha value is -8.08. The summed E-state index contributed by atoms with van der Waals surface area (Å²) in [5, 5.41) is 19.5. The van der Waals surface area contributed by atoms with Gasteiger partial charge in [0.15, 0.2) is 0 Å². The van der Waals surface area contributed by atoms with Crippen LogP contribution in [0.1, 0.15) is 40.2 Å². The van der Waals surface area contributed by atoms with Crippen molar-refractivity contribution in [2.75, 3.05) is 116 Å². The molecule has 79 heavy (non-hydrogen) atoms. The number of aromatic amines is 2. The van der Waals surface area contributed by atoms with E-state index in [0.717, 1.165) is 111 Å². The number of H-pyrrole nitrogens is 2. The molecule has 21 nitrogen and oxygen atoms in total. The first-order valence-electron chi connectivity index (χ1n) is 27.3. The van der Waals surface area contributed by atoms with Gasteiger partial charge < -0.3 is 54.6 Å². The summed E-state index contributed by atoms with van der Waals surface area (Å²) in [5.74, 6) is 2.43. The molecule has 3 saturated heterocycles. The average Bonchev–Trinajstić information content (AvgIpc) is 4.17. The Bertz CT molecular complexity index is 3420. The van der Waals surface area contributed by atoms with Gasteiger partial charge in [-0.15, -0.1) is 0 Å². The van der Waals surface area contributed by atoms with Crippen LogP contribution in [0.3, 0.4) is 0 Å². The van der Waals surface area contributed by atoms with Gasteiger partial charge in [0, 0.05) is 155 Å². The number of aliphatic hydroxyl groups is 1. The molecule has 21 heteroatoms. The molecule has 3 aliphatic heterocycles. The summed E-state index contributed by atoms with van der Waals surface area (Å²) < 4.78 is 18.1. The number of nitrogens with one attached hydrogen (secondary N) is 4. The fraction of sp³-hybridized carbons (Fsp3) is 0.379. The van der Waals surface area contributed by atoms with E-state index in [-0.39, 0.29) is 23.8 Å². The zero-order valence-electron chi connectivity index (χ0n) is 44.3. The number of benzene rings is 2. The fourth-order valence-corrected chi connectivity index (χ4v) is 11.1. The van der Waals surface area contributed by atoms with E-state index in [4.69, 9.17) is 24.2 Å². The molecule has 2 amide bonds. The first-order valence-corrected chi connectivity index (χ1v) is 27.3. The third kappa shape index (κ3) is 12.6. The van der Waals surface area contributed by atoms with E-state index in [9.17, 15) is 14.7 Å². The predicted molar refractivity (Wildman–Crippen MR) is 300 cm³/mol. The lowest BCUT2D eigenvalue weighted by Crippen LogP contribution is -2.50. The number of fused-ring (bicyclic) bond motifs is 2. The fourth-order valence-electron chi connectivity index (χ4n) is 11.1. The number of aliphatic hydroxyl groups excluding tert-OH is 1. The minimum Gasteiger partial charge on any atom is -0.492 e. The van der Waals surface area contributed by atoms with Gasteiger partial charge in [-0.1, -0.05) is 0 Å². The lowest BCUT2D eigenvalue weighted by Gasteiger charge is -2.39. The molecule has 0 radical (unpaired) electrons. The molecule has 1 saturated carbocycles. The molecule has 0 spiro atoms. The molecule has 12 rings (SSSR count). The third-order valence-corrected chi connectivity index (χ3v) is 15.3. The van der Waals surface area contributed by atoms with E-state index in [2.05, 4.69) is 62.3 Å². The number of carbonyl (C=O) groups excluding carboxylic acids is 2. The summed E-state index contributed by atoms with van der Waals surface area (Å²) in [6.07, 6.45) is 8.21. The van der Waals surface area contributed by atoms with Crippen LogP contribution < -0.4 is 20.1 Å². The molecule has 3 atom stereocenters. The van der Waals surface area contributed by atoms with Crippen molar-refractivity contribution in [1.29, 1.82) is 0 Å². The number of anilines is 4. The van der Waals surface area contributed by atoms with Gasteiger partial charge in [0.2, 0.25) is 11.9 Å². The van der Waals surface area contributed by atoms with Crippen molar-refractivity contribution >= 4 is 56.9 Å². The number of likely N-dealkylation sites (N-methyl/N-ethyl adjacent to an activating group) is 1. The minimum atomic E-state index is -0.481. The monoisotopic (exact) mass is 1070 g/mol. The van der Waals surface area contributed by atoms with E-state index in [1.165, 1.54) is 0 Å². The molecule has 0 bridgehead atoms. The van der Waals surface area contributed by atoms with Crippen molar-refractivity contribution in [3.8, 4) is 34.3 Å². The smallest absolute Gasteiger partial charge is 0.270 e. The number of ether oxygens (including phenoxy) is 3. The number of carbonyl (C=O) groups is 2. The summed E-state index contributed by atoms with van der Waals surface area (Å²) >= 11 is 0. The Morgan fingerprint density at radius 3 is 1.77 bits per heavy atom. The highest BCUT2D eigenvalue weighted by Crippen LogP contribution is 2.32. The highest BCUT2D eigenvalue weighted by atomic mass is 16.5. The maximum Gasteiger partial charge on any atom is 0.270 e. The third-order valence-electron chi connectivity index (χ3n) is 15.3. The maximum atomic E-state index is 13.9. The second-order valence-corrected chi connectivity index (χ2v) is 21.0. The van der Waals surface area contributed by atoms with Gasteiger partial charge in [-0.2, -0.15) is 0 Å². The van der Waals surface area contributed by atoms with Crippen molar-refractivity contribution < 1.29 is 28.9 Å². The summed E-state index contributed by atoms with van der Waals surface area (Å²) in [7, 11) is 2.07. The highest BCUT2D eigenvalue weighted by molar-refractivity contribution is 6.00. The molecule has 4 aliphatic rings. The second-order valence-electron chi connectivity index (χ2n) is 21.0. The lowest BCUT2D eigenvalue weighted by atomic mass is 9.84. The number of nitrogens with zero attached hydrogens (tertiary/aromatic N) is 11. The largest absolute Gasteiger partial charge is 0.492 e. The molecule has 8 aromatic rings. The van der Waals surface area contributed by atoms with Gasteiger partial charge in [0.25, 0.3) is 11.8 Å². The predicted octanol–water partition coefficient (Wildman–Crippen LogP) is 6.31. The Kier molecular flexibility index (Phi) is 15.4. The van der Waals surface area contributed by atoms with E-state index in [1.807, 2.05) is 94.7 Å². The summed E-state index contributed by atoms with van der Waals surface area (Å²) in [6, 6.07) is 26.6. The number of pyridine rings is 2. The molecule has 1 aliphatic carbocycles. The number of hydrogen-bond donors (Lipinski definition) is 5. The van der Waals surface area contributed by atoms with Gasteiger partial charge in [-0.3, -0.25) is 29.4 Å². The van der Waals surface area contributed by atoms with Crippen LogP contribution in [0.5, 0.6) is 11.5 Å². The number of piperazine rings is 2. The van der Waals surface area contributed by atoms with E-state index in [0.29, 0.717) is 97.4 Å². The van der Waals surface area contributed by atoms with Crippen LogP contribution >= 0.6 is 0 Å². The minimum absolute atomic E-state index is 0.0110. The summed E-state index contributed by atoms with van der Waals surface area (Å²) in [6.45, 7) is 11.4. The molecular weight excluding hydrogens is 1000 g/mol.